The predicted molar refractivity (Wildman–Crippen MR) is 75.8 cm³/mol. The van der Waals surface area contributed by atoms with E-state index in [1.165, 1.54) is 0 Å². The number of benzene rings is 3. The third-order valence-electron chi connectivity index (χ3n) is 1.82. The Morgan fingerprint density at radius 3 is 0.579 bits per heavy atom. The maximum atomic E-state index is 2.89. The zero-order chi connectivity index (χ0) is 12.7. The van der Waals surface area contributed by atoms with E-state index < -0.39 is 0 Å². The molecule has 0 radical (unpaired) electrons. The molecule has 0 N–H and O–H groups in total. The van der Waals surface area contributed by atoms with Gasteiger partial charge >= 0.3 is 22.4 Å². The van der Waals surface area contributed by atoms with E-state index in [1.807, 2.05) is 91.0 Å². The number of hydrogen-bond acceptors (Lipinski definition) is 0. The summed E-state index contributed by atoms with van der Waals surface area (Å²) >= 11 is 0. The first-order chi connectivity index (χ1) is 9.00. The summed E-state index contributed by atoms with van der Waals surface area (Å²) in [5.74, 6) is 0. The SMILES string of the molecule is [Au+3].[c-]1ccccc1.[c-]1ccccc1.[c-]1ccccc1. The molecule has 0 bridgehead atoms. The third kappa shape index (κ3) is 12.6. The van der Waals surface area contributed by atoms with Crippen molar-refractivity contribution in [1.29, 1.82) is 0 Å². The minimum absolute atomic E-state index is 0. The van der Waals surface area contributed by atoms with Gasteiger partial charge in [-0.05, 0) is 0 Å². The maximum Gasteiger partial charge on any atom is 3.00 e. The van der Waals surface area contributed by atoms with Crippen LogP contribution in [0.5, 0.6) is 0 Å². The summed E-state index contributed by atoms with van der Waals surface area (Å²) < 4.78 is 0. The molecule has 0 aliphatic carbocycles. The van der Waals surface area contributed by atoms with Crippen LogP contribution in [0.3, 0.4) is 0 Å². The zero-order valence-electron chi connectivity index (χ0n) is 10.5. The molecule has 19 heavy (non-hydrogen) atoms. The van der Waals surface area contributed by atoms with Crippen LogP contribution in [0.2, 0.25) is 0 Å². The van der Waals surface area contributed by atoms with Crippen molar-refractivity contribution in [2.45, 2.75) is 0 Å². The van der Waals surface area contributed by atoms with Crippen molar-refractivity contribution in [3.8, 4) is 0 Å². The smallest absolute Gasteiger partial charge is 0.184 e. The van der Waals surface area contributed by atoms with E-state index in [2.05, 4.69) is 18.2 Å². The van der Waals surface area contributed by atoms with Crippen LogP contribution >= 0.6 is 0 Å². The molecule has 0 saturated heterocycles. The van der Waals surface area contributed by atoms with E-state index in [0.29, 0.717) is 0 Å². The average Bonchev–Trinajstić information content (AvgIpc) is 2.54. The molecule has 0 fully saturated rings. The van der Waals surface area contributed by atoms with E-state index in [9.17, 15) is 0 Å². The quantitative estimate of drug-likeness (QED) is 0.367. The molecule has 98 valence electrons. The summed E-state index contributed by atoms with van der Waals surface area (Å²) in [7, 11) is 0. The minimum atomic E-state index is 0. The molecule has 0 spiro atoms. The van der Waals surface area contributed by atoms with E-state index in [4.69, 9.17) is 0 Å². The first kappa shape index (κ1) is 17.4. The number of rotatable bonds is 0. The molecule has 0 amide bonds. The van der Waals surface area contributed by atoms with E-state index in [0.717, 1.165) is 0 Å². The standard InChI is InChI=1S/3C6H5.Au/c3*1-2-4-6-5-3-1;/h3*1-5H;/q3*-1;+3. The zero-order valence-corrected chi connectivity index (χ0v) is 12.6. The van der Waals surface area contributed by atoms with Gasteiger partial charge in [-0.15, -0.1) is 0 Å². The molecule has 0 atom stereocenters. The predicted octanol–water partition coefficient (Wildman–Crippen LogP) is 4.46. The van der Waals surface area contributed by atoms with Gasteiger partial charge in [0.05, 0.1) is 0 Å². The fraction of sp³-hybridized carbons (Fsp3) is 0. The van der Waals surface area contributed by atoms with Gasteiger partial charge < -0.3 is 0 Å². The van der Waals surface area contributed by atoms with Crippen LogP contribution in [0.1, 0.15) is 0 Å². The van der Waals surface area contributed by atoms with Gasteiger partial charge in [0.15, 0.2) is 0 Å². The molecule has 0 nitrogen and oxygen atoms in total. The molecule has 0 aliphatic heterocycles. The normalized spacial score (nSPS) is 7.58. The first-order valence-corrected chi connectivity index (χ1v) is 5.73. The summed E-state index contributed by atoms with van der Waals surface area (Å²) in [4.78, 5) is 0. The van der Waals surface area contributed by atoms with Gasteiger partial charge in [0.2, 0.25) is 0 Å². The van der Waals surface area contributed by atoms with E-state index in [-0.39, 0.29) is 22.4 Å². The molecule has 0 heterocycles. The van der Waals surface area contributed by atoms with Crippen LogP contribution in [0, 0.1) is 18.2 Å². The van der Waals surface area contributed by atoms with Gasteiger partial charge in [0.25, 0.3) is 0 Å². The second-order valence-electron chi connectivity index (χ2n) is 3.23. The molecule has 3 aromatic carbocycles. The van der Waals surface area contributed by atoms with Gasteiger partial charge in [0.1, 0.15) is 0 Å². The van der Waals surface area contributed by atoms with E-state index in [1.54, 1.807) is 0 Å². The second-order valence-corrected chi connectivity index (χ2v) is 3.23. The Morgan fingerprint density at radius 2 is 0.526 bits per heavy atom. The summed E-state index contributed by atoms with van der Waals surface area (Å²) in [5.41, 5.74) is 0. The van der Waals surface area contributed by atoms with Crippen LogP contribution in [0.4, 0.5) is 0 Å². The van der Waals surface area contributed by atoms with Crippen LogP contribution in [-0.4, -0.2) is 0 Å². The van der Waals surface area contributed by atoms with Crippen LogP contribution < -0.4 is 0 Å². The Bertz CT molecular complexity index is 296. The maximum absolute atomic E-state index is 2.89. The van der Waals surface area contributed by atoms with Gasteiger partial charge in [-0.1, -0.05) is 0 Å². The fourth-order valence-corrected chi connectivity index (χ4v) is 1.03. The fourth-order valence-electron chi connectivity index (χ4n) is 1.03. The van der Waals surface area contributed by atoms with Crippen molar-refractivity contribution in [3.63, 3.8) is 0 Å². The van der Waals surface area contributed by atoms with Gasteiger partial charge in [-0.2, -0.15) is 109 Å². The molecule has 3 rings (SSSR count). The van der Waals surface area contributed by atoms with Crippen molar-refractivity contribution in [3.05, 3.63) is 109 Å². The van der Waals surface area contributed by atoms with Crippen LogP contribution in [0.15, 0.2) is 91.0 Å². The summed E-state index contributed by atoms with van der Waals surface area (Å²) in [5, 5.41) is 0. The summed E-state index contributed by atoms with van der Waals surface area (Å²) in [6.07, 6.45) is 0. The van der Waals surface area contributed by atoms with Crippen LogP contribution in [-0.2, 0) is 22.4 Å². The van der Waals surface area contributed by atoms with Crippen molar-refractivity contribution in [1.82, 2.24) is 0 Å². The molecule has 0 aromatic heterocycles. The van der Waals surface area contributed by atoms with Crippen LogP contribution in [0.25, 0.3) is 0 Å². The molecule has 3 aromatic rings. The molecule has 0 aliphatic rings. The second kappa shape index (κ2) is 14.5. The van der Waals surface area contributed by atoms with Crippen molar-refractivity contribution < 1.29 is 22.4 Å². The number of hydrogen-bond donors (Lipinski definition) is 0. The molecule has 0 unspecified atom stereocenters. The molecule has 1 heteroatoms. The Balaban J connectivity index is 0.000000249. The topological polar surface area (TPSA) is 0 Å². The average molecular weight is 428 g/mol. The van der Waals surface area contributed by atoms with Gasteiger partial charge in [-0.25, -0.2) is 0 Å². The summed E-state index contributed by atoms with van der Waals surface area (Å²) in [6.45, 7) is 0. The minimum Gasteiger partial charge on any atom is -0.184 e. The van der Waals surface area contributed by atoms with E-state index >= 15 is 0 Å². The molecular weight excluding hydrogens is 413 g/mol. The summed E-state index contributed by atoms with van der Waals surface area (Å²) in [6, 6.07) is 37.5. The molecule has 0 saturated carbocycles. The Kier molecular flexibility index (Phi) is 13.2. The largest absolute Gasteiger partial charge is 3.00 e. The Labute approximate surface area is 131 Å². The van der Waals surface area contributed by atoms with Crippen molar-refractivity contribution >= 4 is 0 Å². The molecular formula is C18H15Au. The van der Waals surface area contributed by atoms with Crippen molar-refractivity contribution in [2.24, 2.45) is 0 Å². The first-order valence-electron chi connectivity index (χ1n) is 5.73. The monoisotopic (exact) mass is 428 g/mol. The Hall–Kier alpha value is -1.60. The van der Waals surface area contributed by atoms with Gasteiger partial charge in [0, 0.05) is 0 Å². The van der Waals surface area contributed by atoms with Crippen molar-refractivity contribution in [2.75, 3.05) is 0 Å². The third-order valence-corrected chi connectivity index (χ3v) is 1.82. The Morgan fingerprint density at radius 1 is 0.316 bits per heavy atom. The van der Waals surface area contributed by atoms with Gasteiger partial charge in [-0.3, -0.25) is 0 Å².